The molecule has 0 N–H and O–H groups in total. The fourth-order valence-corrected chi connectivity index (χ4v) is 1.42. The van der Waals surface area contributed by atoms with Crippen LogP contribution in [0.5, 0.6) is 0 Å². The molecule has 0 aliphatic carbocycles. The van der Waals surface area contributed by atoms with Crippen LogP contribution in [-0.4, -0.2) is 45.5 Å². The highest BCUT2D eigenvalue weighted by Gasteiger charge is 2.17. The molecule has 0 unspecified atom stereocenters. The molecule has 0 aromatic heterocycles. The van der Waals surface area contributed by atoms with E-state index in [0.29, 0.717) is 0 Å². The van der Waals surface area contributed by atoms with Crippen LogP contribution in [0, 0.1) is 0 Å². The quantitative estimate of drug-likeness (QED) is 0.590. The van der Waals surface area contributed by atoms with E-state index in [9.17, 15) is 8.42 Å². The number of hydrogen-bond donors (Lipinski definition) is 0. The van der Waals surface area contributed by atoms with Crippen molar-refractivity contribution in [1.29, 1.82) is 0 Å². The first kappa shape index (κ1) is 12.8. The summed E-state index contributed by atoms with van der Waals surface area (Å²) in [5.74, 6) is -0.0600. The van der Waals surface area contributed by atoms with Crippen LogP contribution in [0.3, 0.4) is 0 Å². The second-order valence-electron chi connectivity index (χ2n) is 2.83. The summed E-state index contributed by atoms with van der Waals surface area (Å²) in [6.07, 6.45) is 0.0445. The fourth-order valence-electron chi connectivity index (χ4n) is 0.631. The summed E-state index contributed by atoms with van der Waals surface area (Å²) in [5, 5.41) is 0. The molecule has 0 amide bonds. The Morgan fingerprint density at radius 2 is 1.92 bits per heavy atom. The Morgan fingerprint density at radius 1 is 1.38 bits per heavy atom. The van der Waals surface area contributed by atoms with Crippen molar-refractivity contribution in [1.82, 2.24) is 4.47 Å². The van der Waals surface area contributed by atoms with Crippen LogP contribution in [0.25, 0.3) is 0 Å². The van der Waals surface area contributed by atoms with Gasteiger partial charge in [0.2, 0.25) is 10.0 Å². The SMILES string of the molecule is CON(C)S(=O)(=O)CCOC(C)C. The maximum absolute atomic E-state index is 11.3. The van der Waals surface area contributed by atoms with E-state index in [1.807, 2.05) is 13.8 Å². The first-order valence-corrected chi connectivity index (χ1v) is 5.63. The third kappa shape index (κ3) is 5.20. The maximum Gasteiger partial charge on any atom is 0.238 e. The lowest BCUT2D eigenvalue weighted by molar-refractivity contribution is -0.0267. The van der Waals surface area contributed by atoms with E-state index in [1.165, 1.54) is 14.2 Å². The molecule has 0 aromatic rings. The van der Waals surface area contributed by atoms with Crippen LogP contribution in [0.1, 0.15) is 13.8 Å². The van der Waals surface area contributed by atoms with Crippen LogP contribution in [0.15, 0.2) is 0 Å². The van der Waals surface area contributed by atoms with Gasteiger partial charge in [0.05, 0.1) is 25.6 Å². The smallest absolute Gasteiger partial charge is 0.238 e. The van der Waals surface area contributed by atoms with Crippen LogP contribution >= 0.6 is 0 Å². The minimum absolute atomic E-state index is 0.0445. The zero-order valence-corrected chi connectivity index (χ0v) is 9.30. The molecule has 80 valence electrons. The van der Waals surface area contributed by atoms with Crippen molar-refractivity contribution in [3.63, 3.8) is 0 Å². The van der Waals surface area contributed by atoms with Crippen LogP contribution in [0.4, 0.5) is 0 Å². The second kappa shape index (κ2) is 5.54. The molecule has 5 nitrogen and oxygen atoms in total. The van der Waals surface area contributed by atoms with Gasteiger partial charge in [-0.3, -0.25) is 4.84 Å². The van der Waals surface area contributed by atoms with Gasteiger partial charge in [-0.2, -0.15) is 0 Å². The highest BCUT2D eigenvalue weighted by atomic mass is 32.2. The Labute approximate surface area is 79.6 Å². The molecular formula is C7H17NO4S. The Hall–Kier alpha value is -0.170. The number of rotatable bonds is 6. The number of hydroxylamine groups is 1. The van der Waals surface area contributed by atoms with Crippen molar-refractivity contribution < 1.29 is 18.0 Å². The fraction of sp³-hybridized carbons (Fsp3) is 1.00. The summed E-state index contributed by atoms with van der Waals surface area (Å²) in [4.78, 5) is 4.56. The molecular weight excluding hydrogens is 194 g/mol. The molecule has 0 bridgehead atoms. The van der Waals surface area contributed by atoms with E-state index in [4.69, 9.17) is 4.74 Å². The summed E-state index contributed by atoms with van der Waals surface area (Å²) in [7, 11) is -0.662. The second-order valence-corrected chi connectivity index (χ2v) is 4.91. The van der Waals surface area contributed by atoms with Gasteiger partial charge in [0.15, 0.2) is 0 Å². The molecule has 0 spiro atoms. The molecule has 0 atom stereocenters. The topological polar surface area (TPSA) is 55.8 Å². The van der Waals surface area contributed by atoms with Gasteiger partial charge in [0, 0.05) is 7.05 Å². The van der Waals surface area contributed by atoms with Gasteiger partial charge < -0.3 is 4.74 Å². The molecule has 0 saturated carbocycles. The van der Waals surface area contributed by atoms with E-state index in [1.54, 1.807) is 0 Å². The maximum atomic E-state index is 11.3. The van der Waals surface area contributed by atoms with E-state index in [0.717, 1.165) is 4.47 Å². The van der Waals surface area contributed by atoms with E-state index >= 15 is 0 Å². The normalized spacial score (nSPS) is 12.8. The van der Waals surface area contributed by atoms with Gasteiger partial charge in [-0.1, -0.05) is 4.47 Å². The zero-order chi connectivity index (χ0) is 10.5. The van der Waals surface area contributed by atoms with Crippen molar-refractivity contribution in [2.45, 2.75) is 20.0 Å². The summed E-state index contributed by atoms with van der Waals surface area (Å²) in [5.41, 5.74) is 0. The lowest BCUT2D eigenvalue weighted by atomic mass is 10.5. The van der Waals surface area contributed by atoms with Gasteiger partial charge in [0.1, 0.15) is 0 Å². The monoisotopic (exact) mass is 211 g/mol. The number of hydrogen-bond acceptors (Lipinski definition) is 4. The third-order valence-corrected chi connectivity index (χ3v) is 3.06. The molecule has 0 fully saturated rings. The van der Waals surface area contributed by atoms with Crippen molar-refractivity contribution in [2.75, 3.05) is 26.5 Å². The highest BCUT2D eigenvalue weighted by Crippen LogP contribution is 1.98. The number of sulfonamides is 1. The molecule has 0 saturated heterocycles. The first-order valence-electron chi connectivity index (χ1n) is 4.02. The van der Waals surface area contributed by atoms with Crippen LogP contribution < -0.4 is 0 Å². The number of ether oxygens (including phenoxy) is 1. The largest absolute Gasteiger partial charge is 0.378 e. The van der Waals surface area contributed by atoms with Crippen molar-refractivity contribution >= 4 is 10.0 Å². The van der Waals surface area contributed by atoms with E-state index in [2.05, 4.69) is 4.84 Å². The Bertz CT molecular complexity index is 225. The molecule has 0 radical (unpaired) electrons. The Kier molecular flexibility index (Phi) is 5.46. The molecule has 6 heteroatoms. The molecule has 0 heterocycles. The van der Waals surface area contributed by atoms with E-state index < -0.39 is 10.0 Å². The van der Waals surface area contributed by atoms with Crippen molar-refractivity contribution in [3.8, 4) is 0 Å². The minimum Gasteiger partial charge on any atom is -0.378 e. The Balaban J connectivity index is 3.91. The van der Waals surface area contributed by atoms with Crippen LogP contribution in [-0.2, 0) is 19.6 Å². The van der Waals surface area contributed by atoms with Gasteiger partial charge in [-0.15, -0.1) is 0 Å². The first-order chi connectivity index (χ1) is 5.90. The molecule has 13 heavy (non-hydrogen) atoms. The summed E-state index contributed by atoms with van der Waals surface area (Å²) in [6.45, 7) is 3.90. The lowest BCUT2D eigenvalue weighted by Crippen LogP contribution is -2.30. The van der Waals surface area contributed by atoms with Crippen molar-refractivity contribution in [2.24, 2.45) is 0 Å². The predicted molar refractivity (Wildman–Crippen MR) is 49.6 cm³/mol. The van der Waals surface area contributed by atoms with Crippen molar-refractivity contribution in [3.05, 3.63) is 0 Å². The van der Waals surface area contributed by atoms with Crippen LogP contribution in [0.2, 0.25) is 0 Å². The zero-order valence-electron chi connectivity index (χ0n) is 8.48. The molecule has 0 aliphatic rings. The summed E-state index contributed by atoms with van der Waals surface area (Å²) in [6, 6.07) is 0. The molecule has 0 rings (SSSR count). The molecule has 0 aliphatic heterocycles. The third-order valence-electron chi connectivity index (χ3n) is 1.44. The summed E-state index contributed by atoms with van der Waals surface area (Å²) >= 11 is 0. The van der Waals surface area contributed by atoms with Gasteiger partial charge in [0.25, 0.3) is 0 Å². The lowest BCUT2D eigenvalue weighted by Gasteiger charge is -2.14. The average molecular weight is 211 g/mol. The summed E-state index contributed by atoms with van der Waals surface area (Å²) < 4.78 is 28.5. The molecule has 0 aromatic carbocycles. The van der Waals surface area contributed by atoms with Gasteiger partial charge in [-0.25, -0.2) is 8.42 Å². The Morgan fingerprint density at radius 3 is 2.31 bits per heavy atom. The predicted octanol–water partition coefficient (Wildman–Crippen LogP) is 0.234. The standard InChI is InChI=1S/C7H17NO4S/c1-7(2)12-5-6-13(9,10)8(3)11-4/h7H,5-6H2,1-4H3. The minimum atomic E-state index is -3.32. The van der Waals surface area contributed by atoms with Gasteiger partial charge in [-0.05, 0) is 13.8 Å². The number of nitrogens with zero attached hydrogens (tertiary/aromatic N) is 1. The average Bonchev–Trinajstić information content (AvgIpc) is 2.01. The highest BCUT2D eigenvalue weighted by molar-refractivity contribution is 7.88. The van der Waals surface area contributed by atoms with E-state index in [-0.39, 0.29) is 18.5 Å². The van der Waals surface area contributed by atoms with Gasteiger partial charge >= 0.3 is 0 Å².